The molecule has 0 bridgehead atoms. The number of benzene rings is 2. The molecule has 0 fully saturated rings. The fraction of sp³-hybridized carbons (Fsp3) is 0.158. The van der Waals surface area contributed by atoms with E-state index in [0.717, 1.165) is 15.9 Å². The van der Waals surface area contributed by atoms with Crippen molar-refractivity contribution in [3.63, 3.8) is 0 Å². The lowest BCUT2D eigenvalue weighted by Gasteiger charge is -2.08. The van der Waals surface area contributed by atoms with Crippen LogP contribution >= 0.6 is 11.6 Å². The first-order valence-electron chi connectivity index (χ1n) is 8.44. The standard InChI is InChI=1S/C19H15ClN6O3/c1-12-2-4-13(5-3-12)19-23-25-26(24-19)10-18(28)29-11-17(27)22-16-8-15(20)7-6-14(16)9-21/h2-8H,10-11H2,1H3,(H,22,27). The van der Waals surface area contributed by atoms with Gasteiger partial charge in [-0.05, 0) is 30.3 Å². The van der Waals surface area contributed by atoms with Gasteiger partial charge in [-0.1, -0.05) is 41.4 Å². The van der Waals surface area contributed by atoms with E-state index in [4.69, 9.17) is 21.6 Å². The van der Waals surface area contributed by atoms with Crippen LogP contribution in [-0.2, 0) is 20.9 Å². The summed E-state index contributed by atoms with van der Waals surface area (Å²) in [4.78, 5) is 25.0. The molecule has 0 aliphatic carbocycles. The molecule has 10 heteroatoms. The van der Waals surface area contributed by atoms with E-state index in [1.165, 1.54) is 18.2 Å². The van der Waals surface area contributed by atoms with Crippen LogP contribution in [0.5, 0.6) is 0 Å². The number of ether oxygens (including phenoxy) is 1. The molecule has 0 spiro atoms. The molecule has 1 aromatic heterocycles. The van der Waals surface area contributed by atoms with Gasteiger partial charge in [-0.2, -0.15) is 10.1 Å². The number of nitrogens with zero attached hydrogens (tertiary/aromatic N) is 5. The minimum atomic E-state index is -0.709. The Morgan fingerprint density at radius 2 is 2.00 bits per heavy atom. The molecule has 0 saturated carbocycles. The number of anilines is 1. The van der Waals surface area contributed by atoms with Crippen LogP contribution in [0.15, 0.2) is 42.5 Å². The third-order valence-corrected chi connectivity index (χ3v) is 4.01. The summed E-state index contributed by atoms with van der Waals surface area (Å²) in [5.41, 5.74) is 2.35. The SMILES string of the molecule is Cc1ccc(-c2nnn(CC(=O)OCC(=O)Nc3cc(Cl)ccc3C#N)n2)cc1. The summed E-state index contributed by atoms with van der Waals surface area (Å²) in [6.45, 7) is 1.14. The normalized spacial score (nSPS) is 10.2. The summed E-state index contributed by atoms with van der Waals surface area (Å²) in [6, 6.07) is 13.9. The van der Waals surface area contributed by atoms with Gasteiger partial charge in [0.25, 0.3) is 5.91 Å². The van der Waals surface area contributed by atoms with Crippen LogP contribution in [0.25, 0.3) is 11.4 Å². The summed E-state index contributed by atoms with van der Waals surface area (Å²) < 4.78 is 4.92. The lowest BCUT2D eigenvalue weighted by Crippen LogP contribution is -2.24. The first-order chi connectivity index (χ1) is 13.9. The second-order valence-corrected chi connectivity index (χ2v) is 6.46. The number of aryl methyl sites for hydroxylation is 1. The molecule has 0 radical (unpaired) electrons. The zero-order valence-electron chi connectivity index (χ0n) is 15.3. The number of nitriles is 1. The molecule has 1 heterocycles. The van der Waals surface area contributed by atoms with E-state index in [1.807, 2.05) is 37.3 Å². The molecule has 3 aromatic rings. The average molecular weight is 411 g/mol. The summed E-state index contributed by atoms with van der Waals surface area (Å²) in [7, 11) is 0. The van der Waals surface area contributed by atoms with Gasteiger partial charge in [-0.3, -0.25) is 4.79 Å². The molecule has 3 rings (SSSR count). The smallest absolute Gasteiger partial charge is 0.330 e. The number of hydrogen-bond acceptors (Lipinski definition) is 7. The van der Waals surface area contributed by atoms with Crippen molar-refractivity contribution in [2.24, 2.45) is 0 Å². The van der Waals surface area contributed by atoms with E-state index in [9.17, 15) is 9.59 Å². The maximum absolute atomic E-state index is 12.0. The first-order valence-corrected chi connectivity index (χ1v) is 8.82. The van der Waals surface area contributed by atoms with Crippen molar-refractivity contribution in [3.05, 3.63) is 58.6 Å². The topological polar surface area (TPSA) is 123 Å². The predicted octanol–water partition coefficient (Wildman–Crippen LogP) is 2.36. The van der Waals surface area contributed by atoms with Crippen LogP contribution in [-0.4, -0.2) is 38.7 Å². The van der Waals surface area contributed by atoms with E-state index in [1.54, 1.807) is 0 Å². The Morgan fingerprint density at radius 3 is 2.72 bits per heavy atom. The Hall–Kier alpha value is -3.77. The zero-order chi connectivity index (χ0) is 20.8. The van der Waals surface area contributed by atoms with Crippen molar-refractivity contribution in [1.82, 2.24) is 20.2 Å². The van der Waals surface area contributed by atoms with E-state index in [-0.39, 0.29) is 17.8 Å². The maximum atomic E-state index is 12.0. The molecule has 2 aromatic carbocycles. The molecule has 9 nitrogen and oxygen atoms in total. The minimum Gasteiger partial charge on any atom is -0.454 e. The highest BCUT2D eigenvalue weighted by molar-refractivity contribution is 6.31. The monoisotopic (exact) mass is 410 g/mol. The number of halogens is 1. The summed E-state index contributed by atoms with van der Waals surface area (Å²) in [5.74, 6) is -0.941. The van der Waals surface area contributed by atoms with Gasteiger partial charge in [0.15, 0.2) is 13.2 Å². The number of esters is 1. The number of amides is 1. The molecule has 1 N–H and O–H groups in total. The second-order valence-electron chi connectivity index (χ2n) is 6.02. The molecular weight excluding hydrogens is 396 g/mol. The van der Waals surface area contributed by atoms with Crippen molar-refractivity contribution in [2.45, 2.75) is 13.5 Å². The maximum Gasteiger partial charge on any atom is 0.330 e. The Labute approximate surface area is 170 Å². The van der Waals surface area contributed by atoms with Crippen molar-refractivity contribution < 1.29 is 14.3 Å². The van der Waals surface area contributed by atoms with Gasteiger partial charge in [0, 0.05) is 10.6 Å². The van der Waals surface area contributed by atoms with Gasteiger partial charge in [0.2, 0.25) is 5.82 Å². The fourth-order valence-electron chi connectivity index (χ4n) is 2.34. The third-order valence-electron chi connectivity index (χ3n) is 3.77. The number of hydrogen-bond donors (Lipinski definition) is 1. The second kappa shape index (κ2) is 8.95. The van der Waals surface area contributed by atoms with Crippen molar-refractivity contribution in [2.75, 3.05) is 11.9 Å². The number of carbonyl (C=O) groups is 2. The number of nitrogens with one attached hydrogen (secondary N) is 1. The number of rotatable bonds is 6. The van der Waals surface area contributed by atoms with Gasteiger partial charge < -0.3 is 10.1 Å². The number of carbonyl (C=O) groups excluding carboxylic acids is 2. The van der Waals surface area contributed by atoms with E-state index in [2.05, 4.69) is 20.7 Å². The molecule has 0 unspecified atom stereocenters. The highest BCUT2D eigenvalue weighted by Gasteiger charge is 2.13. The lowest BCUT2D eigenvalue weighted by atomic mass is 10.1. The van der Waals surface area contributed by atoms with Gasteiger partial charge in [-0.15, -0.1) is 10.2 Å². The molecule has 29 heavy (non-hydrogen) atoms. The molecule has 0 aliphatic heterocycles. The van der Waals surface area contributed by atoms with Crippen LogP contribution in [0.4, 0.5) is 5.69 Å². The quantitative estimate of drug-likeness (QED) is 0.618. The van der Waals surface area contributed by atoms with Crippen molar-refractivity contribution >= 4 is 29.2 Å². The van der Waals surface area contributed by atoms with Gasteiger partial charge >= 0.3 is 5.97 Å². The Kier molecular flexibility index (Phi) is 6.16. The Bertz CT molecular complexity index is 1090. The largest absolute Gasteiger partial charge is 0.454 e. The molecule has 0 aliphatic rings. The van der Waals surface area contributed by atoms with Crippen LogP contribution in [0.3, 0.4) is 0 Å². The average Bonchev–Trinajstić information content (AvgIpc) is 3.15. The molecule has 146 valence electrons. The molecule has 1 amide bonds. The van der Waals surface area contributed by atoms with Gasteiger partial charge in [0.05, 0.1) is 11.3 Å². The minimum absolute atomic E-state index is 0.238. The van der Waals surface area contributed by atoms with Crippen molar-refractivity contribution in [3.8, 4) is 17.5 Å². The summed E-state index contributed by atoms with van der Waals surface area (Å²) >= 11 is 5.86. The van der Waals surface area contributed by atoms with Crippen LogP contribution in [0.2, 0.25) is 5.02 Å². The number of tetrazole rings is 1. The zero-order valence-corrected chi connectivity index (χ0v) is 16.1. The highest BCUT2D eigenvalue weighted by Crippen LogP contribution is 2.20. The van der Waals surface area contributed by atoms with E-state index in [0.29, 0.717) is 10.8 Å². The first kappa shape index (κ1) is 20.0. The number of aromatic nitrogens is 4. The van der Waals surface area contributed by atoms with Crippen LogP contribution in [0.1, 0.15) is 11.1 Å². The third kappa shape index (κ3) is 5.37. The van der Waals surface area contributed by atoms with Crippen molar-refractivity contribution in [1.29, 1.82) is 5.26 Å². The van der Waals surface area contributed by atoms with E-state index >= 15 is 0 Å². The highest BCUT2D eigenvalue weighted by atomic mass is 35.5. The van der Waals surface area contributed by atoms with Gasteiger partial charge in [0.1, 0.15) is 6.07 Å². The molecular formula is C19H15ClN6O3. The molecule has 0 saturated heterocycles. The van der Waals surface area contributed by atoms with Crippen LogP contribution in [0, 0.1) is 18.3 Å². The fourth-order valence-corrected chi connectivity index (χ4v) is 2.51. The Morgan fingerprint density at radius 1 is 1.24 bits per heavy atom. The summed E-state index contributed by atoms with van der Waals surface area (Å²) in [6.07, 6.45) is 0. The lowest BCUT2D eigenvalue weighted by molar-refractivity contribution is -0.148. The van der Waals surface area contributed by atoms with Crippen LogP contribution < -0.4 is 5.32 Å². The van der Waals surface area contributed by atoms with Gasteiger partial charge in [-0.25, -0.2) is 4.79 Å². The Balaban J connectivity index is 1.53. The molecule has 0 atom stereocenters. The predicted molar refractivity (Wildman–Crippen MR) is 104 cm³/mol. The summed E-state index contributed by atoms with van der Waals surface area (Å²) in [5, 5.41) is 23.7. The van der Waals surface area contributed by atoms with E-state index < -0.39 is 18.5 Å².